The summed E-state index contributed by atoms with van der Waals surface area (Å²) in [6.07, 6.45) is 4.58. The van der Waals surface area contributed by atoms with Gasteiger partial charge >= 0.3 is 0 Å². The number of amides is 1. The van der Waals surface area contributed by atoms with E-state index in [-0.39, 0.29) is 11.8 Å². The number of piperidine rings is 1. The second-order valence-corrected chi connectivity index (χ2v) is 5.74. The molecule has 1 unspecified atom stereocenters. The van der Waals surface area contributed by atoms with Gasteiger partial charge in [0.1, 0.15) is 0 Å². The number of carbonyl (C=O) groups is 1. The van der Waals surface area contributed by atoms with Gasteiger partial charge in [0.2, 0.25) is 5.91 Å². The number of hydrogen-bond acceptors (Lipinski definition) is 4. The summed E-state index contributed by atoms with van der Waals surface area (Å²) >= 11 is 1.55. The van der Waals surface area contributed by atoms with E-state index >= 15 is 0 Å². The molecule has 1 aliphatic heterocycles. The van der Waals surface area contributed by atoms with E-state index in [2.05, 4.69) is 21.0 Å². The first kappa shape index (κ1) is 11.2. The van der Waals surface area contributed by atoms with Crippen molar-refractivity contribution in [3.05, 3.63) is 11.1 Å². The maximum Gasteiger partial charge on any atom is 0.230 e. The number of carbonyl (C=O) groups excluding carboxylic acids is 1. The van der Waals surface area contributed by atoms with Gasteiger partial charge in [0.25, 0.3) is 0 Å². The van der Waals surface area contributed by atoms with Gasteiger partial charge in [-0.3, -0.25) is 4.79 Å². The van der Waals surface area contributed by atoms with Gasteiger partial charge in [-0.25, -0.2) is 4.98 Å². The van der Waals surface area contributed by atoms with E-state index in [0.29, 0.717) is 5.92 Å². The van der Waals surface area contributed by atoms with E-state index in [4.69, 9.17) is 0 Å². The largest absolute Gasteiger partial charge is 0.316 e. The van der Waals surface area contributed by atoms with Gasteiger partial charge in [0.05, 0.1) is 11.6 Å². The third-order valence-electron chi connectivity index (χ3n) is 3.42. The van der Waals surface area contributed by atoms with Crippen molar-refractivity contribution in [3.63, 3.8) is 0 Å². The Morgan fingerprint density at radius 1 is 1.47 bits per heavy atom. The fourth-order valence-electron chi connectivity index (χ4n) is 2.19. The number of hydrogen-bond donors (Lipinski definition) is 2. The Kier molecular flexibility index (Phi) is 3.11. The maximum atomic E-state index is 12.0. The first-order valence-corrected chi connectivity index (χ1v) is 7.18. The van der Waals surface area contributed by atoms with Crippen molar-refractivity contribution in [2.24, 2.45) is 5.92 Å². The summed E-state index contributed by atoms with van der Waals surface area (Å²) in [6, 6.07) is 0. The molecule has 2 aliphatic rings. The molecule has 0 radical (unpaired) electrons. The molecule has 1 saturated carbocycles. The first-order valence-electron chi connectivity index (χ1n) is 6.30. The van der Waals surface area contributed by atoms with Gasteiger partial charge in [-0.15, -0.1) is 11.3 Å². The van der Waals surface area contributed by atoms with E-state index in [0.717, 1.165) is 36.8 Å². The summed E-state index contributed by atoms with van der Waals surface area (Å²) in [5.41, 5.74) is 1.16. The van der Waals surface area contributed by atoms with Gasteiger partial charge in [-0.05, 0) is 32.2 Å². The summed E-state index contributed by atoms with van der Waals surface area (Å²) in [4.78, 5) is 16.5. The van der Waals surface area contributed by atoms with Crippen LogP contribution in [-0.4, -0.2) is 24.0 Å². The minimum Gasteiger partial charge on any atom is -0.316 e. The summed E-state index contributed by atoms with van der Waals surface area (Å²) in [6.45, 7) is 1.83. The molecular weight excluding hydrogens is 234 g/mol. The Labute approximate surface area is 105 Å². The number of nitrogens with zero attached hydrogens (tertiary/aromatic N) is 1. The molecule has 5 heteroatoms. The molecule has 1 amide bonds. The number of thiazole rings is 1. The molecule has 2 heterocycles. The van der Waals surface area contributed by atoms with Crippen LogP contribution in [0, 0.1) is 5.92 Å². The monoisotopic (exact) mass is 251 g/mol. The summed E-state index contributed by atoms with van der Waals surface area (Å²) < 4.78 is 0. The van der Waals surface area contributed by atoms with Crippen LogP contribution in [0.4, 0.5) is 5.13 Å². The third kappa shape index (κ3) is 2.66. The van der Waals surface area contributed by atoms with E-state index in [1.54, 1.807) is 11.3 Å². The van der Waals surface area contributed by atoms with Gasteiger partial charge < -0.3 is 10.6 Å². The van der Waals surface area contributed by atoms with Crippen molar-refractivity contribution >= 4 is 22.4 Å². The molecule has 1 aliphatic carbocycles. The number of anilines is 1. The fourth-order valence-corrected chi connectivity index (χ4v) is 2.99. The molecule has 4 nitrogen and oxygen atoms in total. The van der Waals surface area contributed by atoms with Crippen LogP contribution in [0.2, 0.25) is 0 Å². The molecule has 1 aromatic rings. The van der Waals surface area contributed by atoms with Crippen LogP contribution in [0.15, 0.2) is 5.38 Å². The molecule has 2 N–H and O–H groups in total. The minimum atomic E-state index is 0.108. The van der Waals surface area contributed by atoms with Crippen LogP contribution >= 0.6 is 11.3 Å². The normalized spacial score (nSPS) is 24.6. The van der Waals surface area contributed by atoms with Crippen molar-refractivity contribution in [2.75, 3.05) is 18.4 Å². The lowest BCUT2D eigenvalue weighted by atomic mass is 9.99. The molecule has 17 heavy (non-hydrogen) atoms. The smallest absolute Gasteiger partial charge is 0.230 e. The average molecular weight is 251 g/mol. The Balaban J connectivity index is 1.58. The topological polar surface area (TPSA) is 54.0 Å². The number of rotatable bonds is 3. The predicted octanol–water partition coefficient (Wildman–Crippen LogP) is 1.96. The van der Waals surface area contributed by atoms with Crippen LogP contribution in [0.5, 0.6) is 0 Å². The zero-order chi connectivity index (χ0) is 11.7. The van der Waals surface area contributed by atoms with Crippen molar-refractivity contribution in [1.82, 2.24) is 10.3 Å². The van der Waals surface area contributed by atoms with Gasteiger partial charge in [0.15, 0.2) is 5.13 Å². The highest BCUT2D eigenvalue weighted by molar-refractivity contribution is 7.13. The lowest BCUT2D eigenvalue weighted by molar-refractivity contribution is -0.120. The summed E-state index contributed by atoms with van der Waals surface area (Å²) in [7, 11) is 0. The average Bonchev–Trinajstić information content (AvgIpc) is 3.12. The van der Waals surface area contributed by atoms with Crippen LogP contribution in [0.25, 0.3) is 0 Å². The second-order valence-electron chi connectivity index (χ2n) is 4.88. The fraction of sp³-hybridized carbons (Fsp3) is 0.667. The molecule has 0 bridgehead atoms. The van der Waals surface area contributed by atoms with Crippen LogP contribution < -0.4 is 10.6 Å². The summed E-state index contributed by atoms with van der Waals surface area (Å²) in [5, 5.41) is 9.04. The van der Waals surface area contributed by atoms with Crippen molar-refractivity contribution in [1.29, 1.82) is 0 Å². The molecule has 1 atom stereocenters. The zero-order valence-corrected chi connectivity index (χ0v) is 10.6. The van der Waals surface area contributed by atoms with Crippen molar-refractivity contribution in [2.45, 2.75) is 31.6 Å². The van der Waals surface area contributed by atoms with E-state index in [9.17, 15) is 4.79 Å². The van der Waals surface area contributed by atoms with Crippen LogP contribution in [-0.2, 0) is 4.79 Å². The van der Waals surface area contributed by atoms with E-state index in [1.807, 2.05) is 0 Å². The lowest BCUT2D eigenvalue weighted by Crippen LogP contribution is -2.37. The standard InChI is InChI=1S/C12H17N3OS/c16-11(9-2-1-5-13-6-9)15-12-14-10(7-17-12)8-3-4-8/h7-9,13H,1-6H2,(H,14,15,16). The van der Waals surface area contributed by atoms with Crippen LogP contribution in [0.3, 0.4) is 0 Å². The Morgan fingerprint density at radius 2 is 2.35 bits per heavy atom. The maximum absolute atomic E-state index is 12.0. The minimum absolute atomic E-state index is 0.108. The van der Waals surface area contributed by atoms with Gasteiger partial charge in [-0.1, -0.05) is 0 Å². The molecular formula is C12H17N3OS. The molecule has 3 rings (SSSR count). The molecule has 1 saturated heterocycles. The van der Waals surface area contributed by atoms with Gasteiger partial charge in [-0.2, -0.15) is 0 Å². The Hall–Kier alpha value is -0.940. The number of nitrogens with one attached hydrogen (secondary N) is 2. The third-order valence-corrected chi connectivity index (χ3v) is 4.19. The molecule has 1 aromatic heterocycles. The van der Waals surface area contributed by atoms with Gasteiger partial charge in [0, 0.05) is 17.8 Å². The predicted molar refractivity (Wildman–Crippen MR) is 68.3 cm³/mol. The second kappa shape index (κ2) is 4.74. The van der Waals surface area contributed by atoms with E-state index in [1.165, 1.54) is 12.8 Å². The van der Waals surface area contributed by atoms with Crippen molar-refractivity contribution < 1.29 is 4.79 Å². The molecule has 0 spiro atoms. The lowest BCUT2D eigenvalue weighted by Gasteiger charge is -2.21. The van der Waals surface area contributed by atoms with Crippen LogP contribution in [0.1, 0.15) is 37.3 Å². The SMILES string of the molecule is O=C(Nc1nc(C2CC2)cs1)C1CCCNC1. The molecule has 92 valence electrons. The Morgan fingerprint density at radius 3 is 3.06 bits per heavy atom. The highest BCUT2D eigenvalue weighted by Crippen LogP contribution is 2.40. The highest BCUT2D eigenvalue weighted by Gasteiger charge is 2.27. The van der Waals surface area contributed by atoms with Crippen molar-refractivity contribution in [3.8, 4) is 0 Å². The summed E-state index contributed by atoms with van der Waals surface area (Å²) in [5.74, 6) is 0.888. The highest BCUT2D eigenvalue weighted by atomic mass is 32.1. The quantitative estimate of drug-likeness (QED) is 0.863. The first-order chi connectivity index (χ1) is 8.33. The molecule has 2 fully saturated rings. The molecule has 0 aromatic carbocycles. The number of aromatic nitrogens is 1. The zero-order valence-electron chi connectivity index (χ0n) is 9.74. The van der Waals surface area contributed by atoms with E-state index < -0.39 is 0 Å². The Bertz CT molecular complexity index is 408.